The standard InChI is InChI=1S/C10H16N2O3S/c1-4-7(5-15-3)12-10-11-6(2)8(16-10)9(13)14/h7H,4-5H2,1-3H3,(H,11,12)(H,13,14). The third-order valence-corrected chi connectivity index (χ3v) is 3.26. The Bertz CT molecular complexity index is 365. The van der Waals surface area contributed by atoms with Crippen molar-refractivity contribution in [2.45, 2.75) is 26.3 Å². The summed E-state index contributed by atoms with van der Waals surface area (Å²) in [5.41, 5.74) is 0.548. The fourth-order valence-corrected chi connectivity index (χ4v) is 2.18. The lowest BCUT2D eigenvalue weighted by atomic mass is 10.2. The van der Waals surface area contributed by atoms with Crippen molar-refractivity contribution in [2.75, 3.05) is 19.0 Å². The van der Waals surface area contributed by atoms with Crippen LogP contribution in [0.5, 0.6) is 0 Å². The molecule has 90 valence electrons. The first kappa shape index (κ1) is 12.9. The van der Waals surface area contributed by atoms with E-state index < -0.39 is 5.97 Å². The van der Waals surface area contributed by atoms with Gasteiger partial charge in [-0.1, -0.05) is 18.3 Å². The molecule has 0 bridgehead atoms. The Morgan fingerprint density at radius 3 is 2.81 bits per heavy atom. The number of carbonyl (C=O) groups is 1. The van der Waals surface area contributed by atoms with Crippen LogP contribution in [0, 0.1) is 6.92 Å². The zero-order chi connectivity index (χ0) is 12.1. The number of aromatic nitrogens is 1. The van der Waals surface area contributed by atoms with E-state index in [1.807, 2.05) is 6.92 Å². The summed E-state index contributed by atoms with van der Waals surface area (Å²) in [6, 6.07) is 0.164. The number of thiazole rings is 1. The van der Waals surface area contributed by atoms with Crippen LogP contribution in [0.4, 0.5) is 5.13 Å². The topological polar surface area (TPSA) is 71.5 Å². The van der Waals surface area contributed by atoms with Gasteiger partial charge in [-0.15, -0.1) is 0 Å². The van der Waals surface area contributed by atoms with Crippen LogP contribution in [0.3, 0.4) is 0 Å². The molecule has 0 radical (unpaired) electrons. The molecule has 0 aliphatic carbocycles. The highest BCUT2D eigenvalue weighted by Crippen LogP contribution is 2.23. The molecule has 1 unspecified atom stereocenters. The van der Waals surface area contributed by atoms with Gasteiger partial charge in [0, 0.05) is 7.11 Å². The average Bonchev–Trinajstić information content (AvgIpc) is 2.59. The van der Waals surface area contributed by atoms with E-state index in [0.29, 0.717) is 17.4 Å². The Hall–Kier alpha value is -1.14. The maximum Gasteiger partial charge on any atom is 0.347 e. The van der Waals surface area contributed by atoms with E-state index in [-0.39, 0.29) is 10.9 Å². The molecule has 5 nitrogen and oxygen atoms in total. The number of carboxylic acids is 1. The summed E-state index contributed by atoms with van der Waals surface area (Å²) in [5.74, 6) is -0.928. The molecule has 0 aliphatic heterocycles. The van der Waals surface area contributed by atoms with Crippen LogP contribution in [-0.2, 0) is 4.74 Å². The normalized spacial score (nSPS) is 12.4. The van der Waals surface area contributed by atoms with Crippen LogP contribution in [-0.4, -0.2) is 35.8 Å². The molecule has 6 heteroatoms. The minimum Gasteiger partial charge on any atom is -0.477 e. The van der Waals surface area contributed by atoms with Crippen LogP contribution in [0.2, 0.25) is 0 Å². The predicted molar refractivity (Wildman–Crippen MR) is 63.4 cm³/mol. The second-order valence-electron chi connectivity index (χ2n) is 3.44. The second kappa shape index (κ2) is 5.81. The molecule has 1 aromatic heterocycles. The number of hydrogen-bond donors (Lipinski definition) is 2. The first-order valence-corrected chi connectivity index (χ1v) is 5.86. The van der Waals surface area contributed by atoms with E-state index in [2.05, 4.69) is 10.3 Å². The van der Waals surface area contributed by atoms with E-state index in [9.17, 15) is 4.79 Å². The first-order valence-electron chi connectivity index (χ1n) is 5.04. The highest BCUT2D eigenvalue weighted by molar-refractivity contribution is 7.17. The Balaban J connectivity index is 2.73. The highest BCUT2D eigenvalue weighted by Gasteiger charge is 2.15. The zero-order valence-electron chi connectivity index (χ0n) is 9.61. The quantitative estimate of drug-likeness (QED) is 0.800. The van der Waals surface area contributed by atoms with Crippen LogP contribution < -0.4 is 5.32 Å². The van der Waals surface area contributed by atoms with Gasteiger partial charge in [0.2, 0.25) is 0 Å². The number of methoxy groups -OCH3 is 1. The molecule has 0 saturated carbocycles. The third kappa shape index (κ3) is 3.18. The van der Waals surface area contributed by atoms with Gasteiger partial charge in [-0.05, 0) is 13.3 Å². The van der Waals surface area contributed by atoms with Crippen LogP contribution in [0.15, 0.2) is 0 Å². The van der Waals surface area contributed by atoms with Gasteiger partial charge >= 0.3 is 5.97 Å². The fourth-order valence-electron chi connectivity index (χ4n) is 1.29. The Morgan fingerprint density at radius 1 is 1.69 bits per heavy atom. The molecule has 1 atom stereocenters. The van der Waals surface area contributed by atoms with Gasteiger partial charge in [-0.2, -0.15) is 0 Å². The van der Waals surface area contributed by atoms with Gasteiger partial charge in [-0.3, -0.25) is 0 Å². The van der Waals surface area contributed by atoms with E-state index in [4.69, 9.17) is 9.84 Å². The summed E-state index contributed by atoms with van der Waals surface area (Å²) < 4.78 is 5.05. The Morgan fingerprint density at radius 2 is 2.38 bits per heavy atom. The highest BCUT2D eigenvalue weighted by atomic mass is 32.1. The van der Waals surface area contributed by atoms with Crippen molar-refractivity contribution >= 4 is 22.4 Å². The summed E-state index contributed by atoms with van der Waals surface area (Å²) in [7, 11) is 1.64. The second-order valence-corrected chi connectivity index (χ2v) is 4.44. The van der Waals surface area contributed by atoms with Gasteiger partial charge < -0.3 is 15.2 Å². The number of nitrogens with one attached hydrogen (secondary N) is 1. The number of aromatic carboxylic acids is 1. The van der Waals surface area contributed by atoms with Gasteiger partial charge in [0.25, 0.3) is 0 Å². The smallest absolute Gasteiger partial charge is 0.347 e. The number of nitrogens with zero attached hydrogens (tertiary/aromatic N) is 1. The van der Waals surface area contributed by atoms with E-state index in [1.165, 1.54) is 0 Å². The summed E-state index contributed by atoms with van der Waals surface area (Å²) in [5, 5.41) is 12.7. The number of hydrogen-bond acceptors (Lipinski definition) is 5. The minimum absolute atomic E-state index is 0.164. The molecule has 0 saturated heterocycles. The largest absolute Gasteiger partial charge is 0.477 e. The number of ether oxygens (including phenoxy) is 1. The number of anilines is 1. The number of rotatable bonds is 6. The predicted octanol–water partition coefficient (Wildman–Crippen LogP) is 1.99. The minimum atomic E-state index is -0.928. The number of carboxylic acid groups (broad SMARTS) is 1. The van der Waals surface area contributed by atoms with E-state index >= 15 is 0 Å². The molecular formula is C10H16N2O3S. The van der Waals surface area contributed by atoms with Crippen molar-refractivity contribution < 1.29 is 14.6 Å². The van der Waals surface area contributed by atoms with Crippen molar-refractivity contribution in [1.82, 2.24) is 4.98 Å². The van der Waals surface area contributed by atoms with Gasteiger partial charge in [0.05, 0.1) is 18.3 Å². The lowest BCUT2D eigenvalue weighted by Gasteiger charge is -2.14. The molecule has 0 fully saturated rings. The van der Waals surface area contributed by atoms with Crippen LogP contribution in [0.25, 0.3) is 0 Å². The number of aryl methyl sites for hydroxylation is 1. The molecule has 16 heavy (non-hydrogen) atoms. The van der Waals surface area contributed by atoms with Crippen molar-refractivity contribution in [1.29, 1.82) is 0 Å². The monoisotopic (exact) mass is 244 g/mol. The summed E-state index contributed by atoms with van der Waals surface area (Å²) in [4.78, 5) is 15.3. The molecule has 0 spiro atoms. The maximum absolute atomic E-state index is 10.8. The van der Waals surface area contributed by atoms with E-state index in [0.717, 1.165) is 17.8 Å². The van der Waals surface area contributed by atoms with Crippen LogP contribution >= 0.6 is 11.3 Å². The van der Waals surface area contributed by atoms with E-state index in [1.54, 1.807) is 14.0 Å². The third-order valence-electron chi connectivity index (χ3n) is 2.18. The lowest BCUT2D eigenvalue weighted by Crippen LogP contribution is -2.23. The molecule has 0 aromatic carbocycles. The summed E-state index contributed by atoms with van der Waals surface area (Å²) in [6.45, 7) is 4.31. The van der Waals surface area contributed by atoms with Gasteiger partial charge in [-0.25, -0.2) is 9.78 Å². The molecule has 1 heterocycles. The fraction of sp³-hybridized carbons (Fsp3) is 0.600. The van der Waals surface area contributed by atoms with Crippen LogP contribution in [0.1, 0.15) is 28.7 Å². The summed E-state index contributed by atoms with van der Waals surface area (Å²) in [6.07, 6.45) is 0.898. The average molecular weight is 244 g/mol. The van der Waals surface area contributed by atoms with Gasteiger partial charge in [0.1, 0.15) is 4.88 Å². The zero-order valence-corrected chi connectivity index (χ0v) is 10.4. The molecule has 0 amide bonds. The van der Waals surface area contributed by atoms with Crippen molar-refractivity contribution in [3.63, 3.8) is 0 Å². The molecule has 1 rings (SSSR count). The van der Waals surface area contributed by atoms with Crippen molar-refractivity contribution in [3.05, 3.63) is 10.6 Å². The Kier molecular flexibility index (Phi) is 4.70. The van der Waals surface area contributed by atoms with Crippen molar-refractivity contribution in [3.8, 4) is 0 Å². The summed E-state index contributed by atoms with van der Waals surface area (Å²) >= 11 is 1.16. The lowest BCUT2D eigenvalue weighted by molar-refractivity contribution is 0.0701. The molecule has 2 N–H and O–H groups in total. The van der Waals surface area contributed by atoms with Crippen molar-refractivity contribution in [2.24, 2.45) is 0 Å². The SMILES string of the molecule is CCC(COC)Nc1nc(C)c(C(=O)O)s1. The molecule has 0 aliphatic rings. The molecular weight excluding hydrogens is 228 g/mol. The molecule has 1 aromatic rings. The Labute approximate surface area is 98.5 Å². The first-order chi connectivity index (χ1) is 7.58. The maximum atomic E-state index is 10.8. The van der Waals surface area contributed by atoms with Gasteiger partial charge in [0.15, 0.2) is 5.13 Å².